The molecule has 3 rings (SSSR count). The maximum Gasteiger partial charge on any atom is 2.00 e. The molecule has 0 spiro atoms. The predicted molar refractivity (Wildman–Crippen MR) is 59.7 cm³/mol. The molecule has 0 unspecified atom stereocenters. The maximum atomic E-state index is 11.1. The van der Waals surface area contributed by atoms with Gasteiger partial charge >= 0.3 is 17.1 Å². The molecular formula is C14H14FeO+2. The van der Waals surface area contributed by atoms with Crippen molar-refractivity contribution in [1.29, 1.82) is 0 Å². The van der Waals surface area contributed by atoms with Crippen LogP contribution in [0.3, 0.4) is 0 Å². The Bertz CT molecular complexity index is 203. The van der Waals surface area contributed by atoms with E-state index in [2.05, 4.69) is 0 Å². The Balaban J connectivity index is 0.000000183. The van der Waals surface area contributed by atoms with Crippen molar-refractivity contribution >= 4 is 5.78 Å². The van der Waals surface area contributed by atoms with E-state index in [1.165, 1.54) is 5.92 Å². The number of carbonyl (C=O) groups is 1. The van der Waals surface area contributed by atoms with E-state index in [9.17, 15) is 4.79 Å². The molecule has 3 aliphatic carbocycles. The van der Waals surface area contributed by atoms with Gasteiger partial charge in [0.05, 0.1) is 5.92 Å². The van der Waals surface area contributed by atoms with Crippen LogP contribution in [0.1, 0.15) is 19.3 Å². The molecule has 0 aromatic heterocycles. The molecule has 0 aromatic carbocycles. The van der Waals surface area contributed by atoms with Crippen LogP contribution < -0.4 is 0 Å². The molecule has 3 fully saturated rings. The fourth-order valence-electron chi connectivity index (χ4n) is 1.84. The first kappa shape index (κ1) is 14.3. The number of fused-ring (bicyclic) bond motifs is 1. The van der Waals surface area contributed by atoms with Gasteiger partial charge in [-0.2, -0.15) is 0 Å². The topological polar surface area (TPSA) is 17.1 Å². The summed E-state index contributed by atoms with van der Waals surface area (Å²) >= 11 is 0. The molecule has 0 N–H and O–H groups in total. The zero-order valence-corrected chi connectivity index (χ0v) is 10.1. The molecule has 16 heavy (non-hydrogen) atoms. The Morgan fingerprint density at radius 1 is 0.812 bits per heavy atom. The number of ketones is 1. The number of carbonyl (C=O) groups excluding carboxylic acids is 1. The zero-order chi connectivity index (χ0) is 10.5. The molecule has 10 radical (unpaired) electrons. The van der Waals surface area contributed by atoms with Crippen LogP contribution in [0.25, 0.3) is 0 Å². The molecular weight excluding hydrogens is 240 g/mol. The normalized spacial score (nSPS) is 25.6. The van der Waals surface area contributed by atoms with Crippen LogP contribution in [-0.4, -0.2) is 5.78 Å². The van der Waals surface area contributed by atoms with E-state index in [-0.39, 0.29) is 17.1 Å². The summed E-state index contributed by atoms with van der Waals surface area (Å²) in [7, 11) is 0. The van der Waals surface area contributed by atoms with E-state index >= 15 is 0 Å². The molecule has 0 aliphatic heterocycles. The minimum atomic E-state index is 0. The second kappa shape index (κ2) is 7.50. The zero-order valence-electron chi connectivity index (χ0n) is 9.00. The Labute approximate surface area is 110 Å². The minimum absolute atomic E-state index is 0. The molecule has 2 heteroatoms. The number of hydrogen-bond donors (Lipinski definition) is 0. The van der Waals surface area contributed by atoms with E-state index in [4.69, 9.17) is 0 Å². The maximum absolute atomic E-state index is 11.1. The van der Waals surface area contributed by atoms with Gasteiger partial charge < -0.3 is 0 Å². The van der Waals surface area contributed by atoms with Gasteiger partial charge in [0.25, 0.3) is 0 Å². The van der Waals surface area contributed by atoms with Gasteiger partial charge in [-0.1, -0.05) is 0 Å². The van der Waals surface area contributed by atoms with Gasteiger partial charge in [0.1, 0.15) is 5.78 Å². The van der Waals surface area contributed by atoms with Crippen molar-refractivity contribution in [3.8, 4) is 0 Å². The second-order valence-corrected chi connectivity index (χ2v) is 3.70. The molecule has 3 saturated carbocycles. The van der Waals surface area contributed by atoms with Crippen LogP contribution in [-0.2, 0) is 21.9 Å². The molecule has 0 aromatic rings. The summed E-state index contributed by atoms with van der Waals surface area (Å²) in [6.07, 6.45) is 18.8. The molecule has 0 saturated heterocycles. The van der Waals surface area contributed by atoms with Gasteiger partial charge in [0.2, 0.25) is 0 Å². The first-order valence-corrected chi connectivity index (χ1v) is 5.32. The summed E-state index contributed by atoms with van der Waals surface area (Å²) < 4.78 is 0. The first-order chi connectivity index (χ1) is 7.38. The van der Waals surface area contributed by atoms with Crippen LogP contribution in [0.4, 0.5) is 0 Å². The molecule has 82 valence electrons. The molecule has 0 heterocycles. The van der Waals surface area contributed by atoms with Crippen LogP contribution in [0.15, 0.2) is 0 Å². The third-order valence-corrected chi connectivity index (χ3v) is 2.61. The Morgan fingerprint density at radius 2 is 1.44 bits per heavy atom. The van der Waals surface area contributed by atoms with E-state index in [1.807, 2.05) is 51.4 Å². The van der Waals surface area contributed by atoms with E-state index in [0.717, 1.165) is 25.2 Å². The molecule has 0 atom stereocenters. The first-order valence-electron chi connectivity index (χ1n) is 5.32. The fraction of sp³-hybridized carbons (Fsp3) is 0.214. The van der Waals surface area contributed by atoms with Gasteiger partial charge in [-0.05, 0) is 70.1 Å². The summed E-state index contributed by atoms with van der Waals surface area (Å²) in [6.45, 7) is 0. The minimum Gasteiger partial charge on any atom is -0.299 e. The van der Waals surface area contributed by atoms with Crippen molar-refractivity contribution in [2.24, 2.45) is 0 Å². The summed E-state index contributed by atoms with van der Waals surface area (Å²) in [5, 5.41) is 0. The number of rotatable bonds is 0. The third kappa shape index (κ3) is 3.89. The molecule has 3 aliphatic rings. The van der Waals surface area contributed by atoms with Crippen molar-refractivity contribution in [3.63, 3.8) is 0 Å². The van der Waals surface area contributed by atoms with E-state index in [1.54, 1.807) is 0 Å². The summed E-state index contributed by atoms with van der Waals surface area (Å²) in [6, 6.07) is 0. The van der Waals surface area contributed by atoms with Crippen molar-refractivity contribution < 1.29 is 21.9 Å². The summed E-state index contributed by atoms with van der Waals surface area (Å²) in [4.78, 5) is 11.1. The molecule has 0 amide bonds. The predicted octanol–water partition coefficient (Wildman–Crippen LogP) is 2.53. The molecule has 1 nitrogen and oxygen atoms in total. The van der Waals surface area contributed by atoms with Crippen molar-refractivity contribution in [1.82, 2.24) is 0 Å². The van der Waals surface area contributed by atoms with Gasteiger partial charge in [0, 0.05) is 6.42 Å². The third-order valence-electron chi connectivity index (χ3n) is 2.61. The van der Waals surface area contributed by atoms with Gasteiger partial charge in [-0.3, -0.25) is 4.79 Å². The Hall–Kier alpha value is 0.189. The fourth-order valence-corrected chi connectivity index (χ4v) is 1.84. The second-order valence-electron chi connectivity index (χ2n) is 3.70. The quantitative estimate of drug-likeness (QED) is 0.607. The number of hydrogen-bond acceptors (Lipinski definition) is 1. The average molecular weight is 254 g/mol. The van der Waals surface area contributed by atoms with Crippen LogP contribution in [0.5, 0.6) is 0 Å². The SMILES string of the molecule is O=C1CCC[C]2[CH][CH][CH][C]21.[CH]1[CH][CH][CH][CH]1.[Fe+2]. The van der Waals surface area contributed by atoms with Crippen LogP contribution in [0.2, 0.25) is 0 Å². The van der Waals surface area contributed by atoms with Crippen LogP contribution in [0, 0.1) is 63.2 Å². The Morgan fingerprint density at radius 3 is 2.00 bits per heavy atom. The Kier molecular flexibility index (Phi) is 6.68. The summed E-state index contributed by atoms with van der Waals surface area (Å²) in [5.41, 5.74) is 0. The average Bonchev–Trinajstić information content (AvgIpc) is 2.93. The monoisotopic (exact) mass is 254 g/mol. The largest absolute Gasteiger partial charge is 2.00 e. The number of Topliss-reactive ketones (excluding diaryl/α,β-unsaturated/α-hetero) is 1. The molecule has 0 bridgehead atoms. The van der Waals surface area contributed by atoms with Gasteiger partial charge in [-0.25, -0.2) is 0 Å². The van der Waals surface area contributed by atoms with E-state index in [0.29, 0.717) is 5.78 Å². The smallest absolute Gasteiger partial charge is 0.299 e. The van der Waals surface area contributed by atoms with Crippen molar-refractivity contribution in [2.75, 3.05) is 0 Å². The van der Waals surface area contributed by atoms with Gasteiger partial charge in [-0.15, -0.1) is 0 Å². The van der Waals surface area contributed by atoms with Crippen molar-refractivity contribution in [2.45, 2.75) is 19.3 Å². The van der Waals surface area contributed by atoms with Crippen LogP contribution >= 0.6 is 0 Å². The standard InChI is InChI=1S/C9H9O.C5H5.Fe/c10-9-6-2-4-7-3-1-5-8(7)9;1-2-4-5-3-1;/h1,3,5H,2,4,6H2;1-5H;/q;;+2. The summed E-state index contributed by atoms with van der Waals surface area (Å²) in [5.74, 6) is 2.54. The van der Waals surface area contributed by atoms with E-state index < -0.39 is 0 Å². The van der Waals surface area contributed by atoms with Gasteiger partial charge in [0.15, 0.2) is 0 Å². The van der Waals surface area contributed by atoms with Crippen molar-refractivity contribution in [3.05, 3.63) is 63.2 Å².